The van der Waals surface area contributed by atoms with E-state index in [1.807, 2.05) is 0 Å². The van der Waals surface area contributed by atoms with E-state index in [4.69, 9.17) is 10.2 Å². The van der Waals surface area contributed by atoms with Crippen LogP contribution in [0.5, 0.6) is 0 Å². The third kappa shape index (κ3) is 1.30. The summed E-state index contributed by atoms with van der Waals surface area (Å²) in [7, 11) is 0. The molecule has 0 saturated heterocycles. The summed E-state index contributed by atoms with van der Waals surface area (Å²) in [5, 5.41) is 7.37. The highest BCUT2D eigenvalue weighted by molar-refractivity contribution is 5.65. The zero-order chi connectivity index (χ0) is 11.1. The van der Waals surface area contributed by atoms with Crippen molar-refractivity contribution in [3.63, 3.8) is 0 Å². The number of benzene rings is 1. The molecule has 0 amide bonds. The van der Waals surface area contributed by atoms with Gasteiger partial charge in [-0.05, 0) is 24.1 Å². The van der Waals surface area contributed by atoms with Crippen molar-refractivity contribution in [2.75, 3.05) is 17.2 Å². The second-order valence-corrected chi connectivity index (χ2v) is 3.60. The Morgan fingerprint density at radius 3 is 3.00 bits per heavy atom. The first kappa shape index (κ1) is 9.14. The highest BCUT2D eigenvalue weighted by atomic mass is 19.1. The van der Waals surface area contributed by atoms with Crippen molar-refractivity contribution in [1.29, 1.82) is 0 Å². The highest BCUT2D eigenvalue weighted by Gasteiger charge is 2.24. The predicted octanol–water partition coefficient (Wildman–Crippen LogP) is 1.49. The first-order valence-corrected chi connectivity index (χ1v) is 4.89. The molecule has 0 aliphatic carbocycles. The minimum absolute atomic E-state index is 0.0138. The third-order valence-electron chi connectivity index (χ3n) is 2.60. The van der Waals surface area contributed by atoms with Crippen molar-refractivity contribution >= 4 is 17.7 Å². The molecule has 16 heavy (non-hydrogen) atoms. The molecule has 0 radical (unpaired) electrons. The molecule has 0 atom stereocenters. The van der Waals surface area contributed by atoms with E-state index in [9.17, 15) is 4.39 Å². The monoisotopic (exact) mass is 220 g/mol. The van der Waals surface area contributed by atoms with E-state index in [2.05, 4.69) is 10.2 Å². The number of halogens is 1. The maximum absolute atomic E-state index is 13.1. The number of fused-ring (bicyclic) bond motifs is 1. The Balaban J connectivity index is 2.05. The van der Waals surface area contributed by atoms with Crippen molar-refractivity contribution in [3.05, 3.63) is 29.6 Å². The topological polar surface area (TPSA) is 68.2 Å². The van der Waals surface area contributed by atoms with Gasteiger partial charge in [-0.2, -0.15) is 0 Å². The SMILES string of the molecule is Nc1nnc(N2CCc3ccc(F)cc32)o1. The largest absolute Gasteiger partial charge is 0.389 e. The highest BCUT2D eigenvalue weighted by Crippen LogP contribution is 2.34. The lowest BCUT2D eigenvalue weighted by Crippen LogP contribution is -2.13. The number of hydrogen-bond donors (Lipinski definition) is 1. The molecule has 2 N–H and O–H groups in total. The van der Waals surface area contributed by atoms with Gasteiger partial charge in [0.2, 0.25) is 0 Å². The number of nitrogens with zero attached hydrogens (tertiary/aromatic N) is 3. The van der Waals surface area contributed by atoms with Crippen LogP contribution < -0.4 is 10.6 Å². The lowest BCUT2D eigenvalue weighted by Gasteiger charge is -2.13. The summed E-state index contributed by atoms with van der Waals surface area (Å²) in [6.07, 6.45) is 0.831. The van der Waals surface area contributed by atoms with Crippen LogP contribution in [0.3, 0.4) is 0 Å². The van der Waals surface area contributed by atoms with Gasteiger partial charge in [-0.25, -0.2) is 4.39 Å². The number of aromatic nitrogens is 2. The van der Waals surface area contributed by atoms with Crippen molar-refractivity contribution in [2.24, 2.45) is 0 Å². The normalized spacial score (nSPS) is 14.2. The molecule has 0 unspecified atom stereocenters. The molecule has 0 spiro atoms. The van der Waals surface area contributed by atoms with Crippen molar-refractivity contribution in [3.8, 4) is 0 Å². The molecule has 2 aromatic rings. The summed E-state index contributed by atoms with van der Waals surface area (Å²) in [6.45, 7) is 0.695. The number of anilines is 3. The van der Waals surface area contributed by atoms with Crippen LogP contribution in [0.25, 0.3) is 0 Å². The summed E-state index contributed by atoms with van der Waals surface area (Å²) in [6, 6.07) is 5.00. The van der Waals surface area contributed by atoms with Crippen LogP contribution in [-0.2, 0) is 6.42 Å². The van der Waals surface area contributed by atoms with Gasteiger partial charge in [0.1, 0.15) is 5.82 Å². The summed E-state index contributed by atoms with van der Waals surface area (Å²) < 4.78 is 18.3. The van der Waals surface area contributed by atoms with Crippen LogP contribution >= 0.6 is 0 Å². The number of nitrogens with two attached hydrogens (primary N) is 1. The number of nitrogen functional groups attached to an aromatic ring is 1. The Bertz CT molecular complexity index is 539. The van der Waals surface area contributed by atoms with E-state index in [1.165, 1.54) is 12.1 Å². The molecule has 0 bridgehead atoms. The van der Waals surface area contributed by atoms with Crippen molar-refractivity contribution in [2.45, 2.75) is 6.42 Å². The van der Waals surface area contributed by atoms with Gasteiger partial charge in [-0.1, -0.05) is 16.3 Å². The minimum atomic E-state index is -0.280. The lowest BCUT2D eigenvalue weighted by atomic mass is 10.2. The van der Waals surface area contributed by atoms with E-state index >= 15 is 0 Å². The van der Waals surface area contributed by atoms with E-state index in [1.54, 1.807) is 11.0 Å². The standard InChI is InChI=1S/C10H9FN4O/c11-7-2-1-6-3-4-15(8(6)5-7)10-14-13-9(12)16-10/h1-2,5H,3-4H2,(H2,12,13). The molecule has 0 fully saturated rings. The van der Waals surface area contributed by atoms with E-state index < -0.39 is 0 Å². The van der Waals surface area contributed by atoms with Crippen LogP contribution in [0, 0.1) is 5.82 Å². The van der Waals surface area contributed by atoms with Crippen LogP contribution in [0.1, 0.15) is 5.56 Å². The zero-order valence-corrected chi connectivity index (χ0v) is 8.35. The molecular weight excluding hydrogens is 211 g/mol. The Labute approximate surface area is 90.7 Å². The van der Waals surface area contributed by atoms with Crippen LogP contribution in [0.4, 0.5) is 22.1 Å². The first-order chi connectivity index (χ1) is 7.74. The number of hydrogen-bond acceptors (Lipinski definition) is 5. The summed E-state index contributed by atoms with van der Waals surface area (Å²) in [5.41, 5.74) is 7.19. The fourth-order valence-corrected chi connectivity index (χ4v) is 1.89. The zero-order valence-electron chi connectivity index (χ0n) is 8.35. The van der Waals surface area contributed by atoms with Gasteiger partial charge in [-0.3, -0.25) is 4.90 Å². The average molecular weight is 220 g/mol. The van der Waals surface area contributed by atoms with Gasteiger partial charge >= 0.3 is 12.0 Å². The third-order valence-corrected chi connectivity index (χ3v) is 2.60. The molecule has 2 heterocycles. The number of rotatable bonds is 1. The van der Waals surface area contributed by atoms with Gasteiger partial charge in [-0.15, -0.1) is 0 Å². The molecule has 0 saturated carbocycles. The molecule has 1 aliphatic rings. The molecule has 6 heteroatoms. The molecule has 1 aliphatic heterocycles. The van der Waals surface area contributed by atoms with E-state index in [0.29, 0.717) is 12.6 Å². The molecule has 82 valence electrons. The quantitative estimate of drug-likeness (QED) is 0.788. The second kappa shape index (κ2) is 3.19. The van der Waals surface area contributed by atoms with Gasteiger partial charge in [0.25, 0.3) is 0 Å². The van der Waals surface area contributed by atoms with Gasteiger partial charge in [0.15, 0.2) is 0 Å². The molecule has 1 aromatic heterocycles. The smallest absolute Gasteiger partial charge is 0.324 e. The minimum Gasteiger partial charge on any atom is -0.389 e. The Kier molecular flexibility index (Phi) is 1.82. The van der Waals surface area contributed by atoms with E-state index in [-0.39, 0.29) is 11.8 Å². The first-order valence-electron chi connectivity index (χ1n) is 4.89. The Morgan fingerprint density at radius 2 is 2.25 bits per heavy atom. The second-order valence-electron chi connectivity index (χ2n) is 3.60. The average Bonchev–Trinajstić information content (AvgIpc) is 2.83. The van der Waals surface area contributed by atoms with E-state index in [0.717, 1.165) is 17.7 Å². The van der Waals surface area contributed by atoms with Gasteiger partial charge in [0.05, 0.1) is 5.69 Å². The molecular formula is C10H9FN4O. The van der Waals surface area contributed by atoms with Crippen molar-refractivity contribution in [1.82, 2.24) is 10.2 Å². The maximum atomic E-state index is 13.1. The summed E-state index contributed by atoms with van der Waals surface area (Å²) >= 11 is 0. The van der Waals surface area contributed by atoms with Crippen molar-refractivity contribution < 1.29 is 8.81 Å². The molecule has 5 nitrogen and oxygen atoms in total. The maximum Gasteiger partial charge on any atom is 0.324 e. The summed E-state index contributed by atoms with van der Waals surface area (Å²) in [5.74, 6) is -0.280. The van der Waals surface area contributed by atoms with Crippen LogP contribution in [0.2, 0.25) is 0 Å². The van der Waals surface area contributed by atoms with Gasteiger partial charge in [0, 0.05) is 6.54 Å². The molecule has 1 aromatic carbocycles. The van der Waals surface area contributed by atoms with Crippen LogP contribution in [0.15, 0.2) is 22.6 Å². The Hall–Kier alpha value is -2.11. The molecule has 3 rings (SSSR count). The van der Waals surface area contributed by atoms with Crippen LogP contribution in [-0.4, -0.2) is 16.7 Å². The fraction of sp³-hybridized carbons (Fsp3) is 0.200. The fourth-order valence-electron chi connectivity index (χ4n) is 1.89. The van der Waals surface area contributed by atoms with Gasteiger partial charge < -0.3 is 10.2 Å². The predicted molar refractivity (Wildman–Crippen MR) is 55.8 cm³/mol. The summed E-state index contributed by atoms with van der Waals surface area (Å²) in [4.78, 5) is 1.77. The lowest BCUT2D eigenvalue weighted by molar-refractivity contribution is 0.571. The Morgan fingerprint density at radius 1 is 1.38 bits per heavy atom.